The Kier molecular flexibility index (Phi) is 10.6. The first kappa shape index (κ1) is 32.8. The van der Waals surface area contributed by atoms with E-state index in [4.69, 9.17) is 36.5 Å². The minimum atomic E-state index is -1.75. The summed E-state index contributed by atoms with van der Waals surface area (Å²) >= 11 is 0. The predicted molar refractivity (Wildman–Crippen MR) is 141 cm³/mol. The Hall–Kier alpha value is -1.09. The zero-order valence-electron chi connectivity index (χ0n) is 23.1. The Balaban J connectivity index is 1.58. The molecule has 0 aromatic carbocycles. The lowest BCUT2D eigenvalue weighted by Gasteiger charge is -2.51. The van der Waals surface area contributed by atoms with Gasteiger partial charge in [0.2, 0.25) is 0 Å². The standard InChI is InChI=1S/C25H47N5O11/c1-9-4-11(30-24(37)25(38)6-15(25)27)22(41-23-20(36)17(28)18(34)14(8-32)40-23)19(35)16(9)21-10(26)5-12(33)13(39-21)7-29-2-3-31/h9-23,29,31-36,38H,2-8,26-28H2,1H3,(H,30,37). The van der Waals surface area contributed by atoms with Crippen molar-refractivity contribution in [3.05, 3.63) is 0 Å². The van der Waals surface area contributed by atoms with E-state index in [0.29, 0.717) is 6.54 Å². The van der Waals surface area contributed by atoms with Crippen LogP contribution < -0.4 is 27.8 Å². The highest BCUT2D eigenvalue weighted by molar-refractivity contribution is 5.89. The molecule has 16 unspecified atom stereocenters. The van der Waals surface area contributed by atoms with Crippen LogP contribution in [-0.4, -0.2) is 153 Å². The summed E-state index contributed by atoms with van der Waals surface area (Å²) in [6, 6.07) is -3.50. The van der Waals surface area contributed by atoms with Crippen LogP contribution in [0.15, 0.2) is 0 Å². The van der Waals surface area contributed by atoms with Gasteiger partial charge < -0.3 is 77.8 Å². The molecule has 4 aliphatic rings. The van der Waals surface area contributed by atoms with Crippen LogP contribution >= 0.6 is 0 Å². The average Bonchev–Trinajstić information content (AvgIpc) is 3.55. The van der Waals surface area contributed by atoms with E-state index in [0.717, 1.165) is 0 Å². The lowest BCUT2D eigenvalue weighted by molar-refractivity contribution is -0.308. The van der Waals surface area contributed by atoms with Crippen LogP contribution in [0.2, 0.25) is 0 Å². The van der Waals surface area contributed by atoms with Crippen molar-refractivity contribution in [2.24, 2.45) is 29.0 Å². The van der Waals surface area contributed by atoms with E-state index in [9.17, 15) is 35.4 Å². The Morgan fingerprint density at radius 2 is 1.71 bits per heavy atom. The first-order chi connectivity index (χ1) is 19.3. The molecule has 0 bridgehead atoms. The molecule has 0 aromatic heterocycles. The van der Waals surface area contributed by atoms with Gasteiger partial charge in [0.1, 0.15) is 24.4 Å². The van der Waals surface area contributed by atoms with Crippen molar-refractivity contribution in [2.45, 2.75) is 111 Å². The topological polar surface area (TPSA) is 288 Å². The summed E-state index contributed by atoms with van der Waals surface area (Å²) in [5.41, 5.74) is 16.4. The molecule has 2 saturated carbocycles. The van der Waals surface area contributed by atoms with Gasteiger partial charge in [-0.2, -0.15) is 0 Å². The second-order valence-electron chi connectivity index (χ2n) is 12.0. The zero-order valence-corrected chi connectivity index (χ0v) is 23.1. The highest BCUT2D eigenvalue weighted by Crippen LogP contribution is 2.41. The number of carbonyl (C=O) groups excluding carboxylic acids is 1. The van der Waals surface area contributed by atoms with E-state index < -0.39 is 103 Å². The maximum atomic E-state index is 12.9. The molecule has 238 valence electrons. The normalized spacial score (nSPS) is 50.4. The number of rotatable bonds is 10. The van der Waals surface area contributed by atoms with Gasteiger partial charge in [-0.15, -0.1) is 0 Å². The summed E-state index contributed by atoms with van der Waals surface area (Å²) in [7, 11) is 0. The van der Waals surface area contributed by atoms with Crippen molar-refractivity contribution >= 4 is 5.91 Å². The molecular formula is C25H47N5O11. The van der Waals surface area contributed by atoms with Crippen molar-refractivity contribution in [3.63, 3.8) is 0 Å². The van der Waals surface area contributed by atoms with Crippen LogP contribution in [0.1, 0.15) is 26.2 Å². The molecule has 0 spiro atoms. The third-order valence-corrected chi connectivity index (χ3v) is 9.04. The van der Waals surface area contributed by atoms with E-state index in [-0.39, 0.29) is 38.3 Å². The zero-order chi connectivity index (χ0) is 30.2. The number of hydrogen-bond donors (Lipinski definition) is 12. The maximum Gasteiger partial charge on any atom is 0.253 e. The summed E-state index contributed by atoms with van der Waals surface area (Å²) in [5, 5.41) is 78.2. The fraction of sp³-hybridized carbons (Fsp3) is 0.960. The van der Waals surface area contributed by atoms with Crippen molar-refractivity contribution in [1.29, 1.82) is 0 Å². The molecule has 0 radical (unpaired) electrons. The van der Waals surface area contributed by atoms with Gasteiger partial charge in [0.15, 0.2) is 11.9 Å². The number of aliphatic hydroxyl groups is 7. The molecule has 4 rings (SSSR count). The molecule has 2 saturated heterocycles. The monoisotopic (exact) mass is 593 g/mol. The summed E-state index contributed by atoms with van der Waals surface area (Å²) in [6.07, 6.45) is -9.92. The van der Waals surface area contributed by atoms with Crippen LogP contribution in [-0.2, 0) is 19.0 Å². The van der Waals surface area contributed by atoms with Gasteiger partial charge >= 0.3 is 0 Å². The summed E-state index contributed by atoms with van der Waals surface area (Å²) in [5.74, 6) is -1.69. The molecule has 16 atom stereocenters. The molecule has 4 fully saturated rings. The smallest absolute Gasteiger partial charge is 0.253 e. The van der Waals surface area contributed by atoms with Gasteiger partial charge in [0.05, 0.1) is 49.7 Å². The Bertz CT molecular complexity index is 891. The molecule has 2 heterocycles. The third kappa shape index (κ3) is 6.71. The van der Waals surface area contributed by atoms with Crippen LogP contribution in [0, 0.1) is 11.8 Å². The van der Waals surface area contributed by atoms with E-state index in [1.54, 1.807) is 0 Å². The van der Waals surface area contributed by atoms with Gasteiger partial charge in [-0.3, -0.25) is 4.79 Å². The fourth-order valence-corrected chi connectivity index (χ4v) is 6.38. The second-order valence-corrected chi connectivity index (χ2v) is 12.0. The summed E-state index contributed by atoms with van der Waals surface area (Å²) < 4.78 is 17.9. The minimum absolute atomic E-state index is 0.0754. The number of aliphatic hydroxyl groups excluding tert-OH is 6. The summed E-state index contributed by atoms with van der Waals surface area (Å²) in [4.78, 5) is 12.9. The Morgan fingerprint density at radius 3 is 2.32 bits per heavy atom. The highest BCUT2D eigenvalue weighted by atomic mass is 16.7. The van der Waals surface area contributed by atoms with Crippen molar-refractivity contribution in [1.82, 2.24) is 10.6 Å². The SMILES string of the molecule is CC1CC(NC(=O)C2(O)CC2N)C(OC2OC(CO)C(O)C(N)C2O)C(O)C1C1OC(CNCCO)C(O)CC1N. The van der Waals surface area contributed by atoms with E-state index >= 15 is 0 Å². The second kappa shape index (κ2) is 13.3. The van der Waals surface area contributed by atoms with Gasteiger partial charge in [-0.05, 0) is 18.8 Å². The van der Waals surface area contributed by atoms with Gasteiger partial charge in [-0.25, -0.2) is 0 Å². The molecule has 16 heteroatoms. The highest BCUT2D eigenvalue weighted by Gasteiger charge is 2.59. The van der Waals surface area contributed by atoms with E-state index in [1.807, 2.05) is 6.92 Å². The molecule has 0 aromatic rings. The van der Waals surface area contributed by atoms with Crippen LogP contribution in [0.25, 0.3) is 0 Å². The first-order valence-electron chi connectivity index (χ1n) is 14.2. The number of hydrogen-bond acceptors (Lipinski definition) is 15. The molecule has 1 amide bonds. The average molecular weight is 594 g/mol. The number of ether oxygens (including phenoxy) is 3. The van der Waals surface area contributed by atoms with Crippen molar-refractivity contribution < 1.29 is 54.8 Å². The van der Waals surface area contributed by atoms with Crippen molar-refractivity contribution in [2.75, 3.05) is 26.3 Å². The lowest BCUT2D eigenvalue weighted by Crippen LogP contribution is -2.68. The number of carbonyl (C=O) groups is 1. The number of nitrogens with one attached hydrogen (secondary N) is 2. The Morgan fingerprint density at radius 1 is 1.02 bits per heavy atom. The van der Waals surface area contributed by atoms with Crippen LogP contribution in [0.3, 0.4) is 0 Å². The fourth-order valence-electron chi connectivity index (χ4n) is 6.38. The maximum absolute atomic E-state index is 12.9. The van der Waals surface area contributed by atoms with Gasteiger partial charge in [0.25, 0.3) is 5.91 Å². The minimum Gasteiger partial charge on any atom is -0.395 e. The predicted octanol–water partition coefficient (Wildman–Crippen LogP) is -6.47. The van der Waals surface area contributed by atoms with Gasteiger partial charge in [-0.1, -0.05) is 6.92 Å². The van der Waals surface area contributed by atoms with Crippen LogP contribution in [0.5, 0.6) is 0 Å². The molecule has 41 heavy (non-hydrogen) atoms. The van der Waals surface area contributed by atoms with E-state index in [2.05, 4.69) is 10.6 Å². The first-order valence-corrected chi connectivity index (χ1v) is 14.2. The van der Waals surface area contributed by atoms with Crippen molar-refractivity contribution in [3.8, 4) is 0 Å². The van der Waals surface area contributed by atoms with E-state index in [1.165, 1.54) is 0 Å². The molecule has 2 aliphatic heterocycles. The third-order valence-electron chi connectivity index (χ3n) is 9.04. The lowest BCUT2D eigenvalue weighted by atomic mass is 9.69. The largest absolute Gasteiger partial charge is 0.395 e. The quantitative estimate of drug-likeness (QED) is 0.105. The van der Waals surface area contributed by atoms with Crippen LogP contribution in [0.4, 0.5) is 0 Å². The number of amides is 1. The molecule has 16 nitrogen and oxygen atoms in total. The summed E-state index contributed by atoms with van der Waals surface area (Å²) in [6.45, 7) is 1.68. The molecule has 15 N–H and O–H groups in total. The van der Waals surface area contributed by atoms with Gasteiger partial charge in [0, 0.05) is 37.5 Å². The molecule has 2 aliphatic carbocycles. The molecular weight excluding hydrogens is 546 g/mol. The Labute approximate surface area is 238 Å². The number of nitrogens with two attached hydrogens (primary N) is 3.